The normalized spacial score (nSPS) is 20.9. The average Bonchev–Trinajstić information content (AvgIpc) is 3.62. The lowest BCUT2D eigenvalue weighted by molar-refractivity contribution is 0.0175. The molecule has 184 valence electrons. The number of ether oxygens (including phenoxy) is 1. The van der Waals surface area contributed by atoms with Gasteiger partial charge in [-0.25, -0.2) is 0 Å². The van der Waals surface area contributed by atoms with E-state index < -0.39 is 0 Å². The summed E-state index contributed by atoms with van der Waals surface area (Å²) >= 11 is 13.0. The second-order valence-corrected chi connectivity index (χ2v) is 10.1. The van der Waals surface area contributed by atoms with Gasteiger partial charge in [0.05, 0.1) is 22.8 Å². The topological polar surface area (TPSA) is 97.1 Å². The number of rotatable bonds is 7. The summed E-state index contributed by atoms with van der Waals surface area (Å²) in [4.78, 5) is 2.36. The van der Waals surface area contributed by atoms with Gasteiger partial charge >= 0.3 is 0 Å². The Labute approximate surface area is 214 Å². The van der Waals surface area contributed by atoms with Gasteiger partial charge in [-0.3, -0.25) is 0 Å². The Hall–Kier alpha value is -2.74. The van der Waals surface area contributed by atoms with Crippen LogP contribution in [0.3, 0.4) is 0 Å². The number of nitrogens with zero attached hydrogens (tertiary/aromatic N) is 3. The van der Waals surface area contributed by atoms with Crippen molar-refractivity contribution in [1.82, 2.24) is 5.16 Å². The highest BCUT2D eigenvalue weighted by Gasteiger charge is 2.34. The van der Waals surface area contributed by atoms with Crippen LogP contribution in [0.2, 0.25) is 10.0 Å². The van der Waals surface area contributed by atoms with E-state index in [0.717, 1.165) is 49.2 Å². The molecule has 2 heterocycles. The van der Waals surface area contributed by atoms with Crippen LogP contribution in [-0.4, -0.2) is 34.9 Å². The Balaban J connectivity index is 1.28. The number of oxime groups is 1. The Bertz CT molecular complexity index is 1200. The van der Waals surface area contributed by atoms with Crippen molar-refractivity contribution < 1.29 is 14.5 Å². The van der Waals surface area contributed by atoms with Gasteiger partial charge in [0.2, 0.25) is 0 Å². The van der Waals surface area contributed by atoms with Crippen LogP contribution in [0, 0.1) is 0 Å². The Kier molecular flexibility index (Phi) is 6.91. The number of hydrogen-bond donors (Lipinski definition) is 2. The van der Waals surface area contributed by atoms with Gasteiger partial charge in [-0.05, 0) is 69.0 Å². The SMILES string of the molecule is C[C@H]1C[C@H](OCc2c(-c3c(Cl)cccc3Cl)noc2C2CC2)CCN1c1ccc(/C(N)=N/O)cc1. The van der Waals surface area contributed by atoms with Crippen molar-refractivity contribution in [3.8, 4) is 11.3 Å². The third-order valence-corrected chi connectivity index (χ3v) is 7.49. The third kappa shape index (κ3) is 4.99. The molecule has 1 aromatic heterocycles. The van der Waals surface area contributed by atoms with Crippen LogP contribution in [-0.2, 0) is 11.3 Å². The van der Waals surface area contributed by atoms with Crippen molar-refractivity contribution in [1.29, 1.82) is 0 Å². The lowest BCUT2D eigenvalue weighted by Gasteiger charge is -2.39. The number of piperidine rings is 1. The molecule has 0 amide bonds. The number of aromatic nitrogens is 1. The third-order valence-electron chi connectivity index (χ3n) is 6.86. The first kappa shape index (κ1) is 24.0. The van der Waals surface area contributed by atoms with E-state index in [9.17, 15) is 0 Å². The molecule has 35 heavy (non-hydrogen) atoms. The van der Waals surface area contributed by atoms with E-state index in [4.69, 9.17) is 43.4 Å². The Morgan fingerprint density at radius 3 is 2.51 bits per heavy atom. The Morgan fingerprint density at radius 2 is 1.89 bits per heavy atom. The maximum absolute atomic E-state index is 8.87. The molecule has 0 radical (unpaired) electrons. The van der Waals surface area contributed by atoms with Gasteiger partial charge in [0, 0.05) is 40.9 Å². The average molecular weight is 515 g/mol. The molecular formula is C26H28Cl2N4O3. The van der Waals surface area contributed by atoms with Crippen LogP contribution in [0.25, 0.3) is 11.3 Å². The van der Waals surface area contributed by atoms with E-state index in [2.05, 4.69) is 22.1 Å². The first-order chi connectivity index (χ1) is 17.0. The van der Waals surface area contributed by atoms with Crippen molar-refractivity contribution in [3.63, 3.8) is 0 Å². The second kappa shape index (κ2) is 10.1. The van der Waals surface area contributed by atoms with Crippen molar-refractivity contribution in [3.05, 3.63) is 69.4 Å². The van der Waals surface area contributed by atoms with Crippen LogP contribution in [0.1, 0.15) is 55.4 Å². The zero-order valence-electron chi connectivity index (χ0n) is 19.5. The predicted octanol–water partition coefficient (Wildman–Crippen LogP) is 6.19. The monoisotopic (exact) mass is 514 g/mol. The van der Waals surface area contributed by atoms with E-state index in [1.54, 1.807) is 0 Å². The summed E-state index contributed by atoms with van der Waals surface area (Å²) in [6.45, 7) is 3.49. The summed E-state index contributed by atoms with van der Waals surface area (Å²) in [5.41, 5.74) is 9.81. The number of nitrogens with two attached hydrogens (primary N) is 1. The van der Waals surface area contributed by atoms with E-state index >= 15 is 0 Å². The van der Waals surface area contributed by atoms with Gasteiger partial charge in [-0.2, -0.15) is 0 Å². The van der Waals surface area contributed by atoms with Gasteiger partial charge in [0.15, 0.2) is 5.84 Å². The molecule has 3 aromatic rings. The minimum absolute atomic E-state index is 0.105. The smallest absolute Gasteiger partial charge is 0.170 e. The molecule has 7 nitrogen and oxygen atoms in total. The summed E-state index contributed by atoms with van der Waals surface area (Å²) in [5.74, 6) is 1.39. The molecule has 1 aliphatic heterocycles. The van der Waals surface area contributed by atoms with Crippen LogP contribution >= 0.6 is 23.2 Å². The first-order valence-corrected chi connectivity index (χ1v) is 12.6. The minimum Gasteiger partial charge on any atom is -0.409 e. The zero-order chi connectivity index (χ0) is 24.5. The number of anilines is 1. The lowest BCUT2D eigenvalue weighted by Crippen LogP contribution is -2.43. The molecule has 2 fully saturated rings. The quantitative estimate of drug-likeness (QED) is 0.169. The highest BCUT2D eigenvalue weighted by Crippen LogP contribution is 2.46. The number of halogens is 2. The highest BCUT2D eigenvalue weighted by atomic mass is 35.5. The molecule has 1 saturated carbocycles. The van der Waals surface area contributed by atoms with Gasteiger partial charge < -0.3 is 25.1 Å². The predicted molar refractivity (Wildman–Crippen MR) is 138 cm³/mol. The van der Waals surface area contributed by atoms with E-state index in [-0.39, 0.29) is 11.9 Å². The van der Waals surface area contributed by atoms with Crippen LogP contribution in [0.4, 0.5) is 5.69 Å². The minimum atomic E-state index is 0.105. The van der Waals surface area contributed by atoms with Crippen LogP contribution in [0.5, 0.6) is 0 Å². The van der Waals surface area contributed by atoms with E-state index in [0.29, 0.717) is 45.4 Å². The molecule has 2 aliphatic rings. The summed E-state index contributed by atoms with van der Waals surface area (Å²) in [6, 6.07) is 13.5. The van der Waals surface area contributed by atoms with Crippen molar-refractivity contribution in [2.45, 2.75) is 57.3 Å². The summed E-state index contributed by atoms with van der Waals surface area (Å²) in [5, 5.41) is 17.4. The molecule has 9 heteroatoms. The molecular weight excluding hydrogens is 487 g/mol. The van der Waals surface area contributed by atoms with Crippen molar-refractivity contribution in [2.24, 2.45) is 10.9 Å². The molecule has 1 aliphatic carbocycles. The summed E-state index contributed by atoms with van der Waals surface area (Å²) < 4.78 is 12.2. The number of hydrogen-bond acceptors (Lipinski definition) is 6. The number of benzene rings is 2. The van der Waals surface area contributed by atoms with Gasteiger partial charge in [0.25, 0.3) is 0 Å². The standard InChI is InChI=1S/C26H28Cl2N4O3/c1-15-13-19(11-12-32(15)18-9-7-17(8-10-18)26(29)30-33)34-14-20-24(31-35-25(20)16-5-6-16)23-21(27)3-2-4-22(23)28/h2-4,7-10,15-16,19,33H,5-6,11-14H2,1H3,(H2,29,30)/t15-,19+/m0/s1. The van der Waals surface area contributed by atoms with Crippen LogP contribution in [0.15, 0.2) is 52.1 Å². The van der Waals surface area contributed by atoms with Crippen molar-refractivity contribution in [2.75, 3.05) is 11.4 Å². The fourth-order valence-electron chi connectivity index (χ4n) is 4.79. The molecule has 0 spiro atoms. The maximum atomic E-state index is 8.87. The number of amidine groups is 1. The highest BCUT2D eigenvalue weighted by molar-refractivity contribution is 6.39. The fourth-order valence-corrected chi connectivity index (χ4v) is 5.37. The van der Waals surface area contributed by atoms with Crippen molar-refractivity contribution >= 4 is 34.7 Å². The largest absolute Gasteiger partial charge is 0.409 e. The summed E-state index contributed by atoms with van der Waals surface area (Å²) in [7, 11) is 0. The molecule has 2 atom stereocenters. The van der Waals surface area contributed by atoms with E-state index in [1.165, 1.54) is 0 Å². The maximum Gasteiger partial charge on any atom is 0.170 e. The molecule has 1 saturated heterocycles. The van der Waals surface area contributed by atoms with E-state index in [1.807, 2.05) is 42.5 Å². The molecule has 2 aromatic carbocycles. The van der Waals surface area contributed by atoms with Gasteiger partial charge in [0.1, 0.15) is 11.5 Å². The first-order valence-electron chi connectivity index (χ1n) is 11.8. The molecule has 0 unspecified atom stereocenters. The van der Waals surface area contributed by atoms with Gasteiger partial charge in [-0.1, -0.05) is 39.6 Å². The zero-order valence-corrected chi connectivity index (χ0v) is 21.0. The van der Waals surface area contributed by atoms with Crippen LogP contribution < -0.4 is 10.6 Å². The fraction of sp³-hybridized carbons (Fsp3) is 0.385. The molecule has 5 rings (SSSR count). The molecule has 3 N–H and O–H groups in total. The second-order valence-electron chi connectivity index (χ2n) is 9.28. The molecule has 0 bridgehead atoms. The Morgan fingerprint density at radius 1 is 1.17 bits per heavy atom. The summed E-state index contributed by atoms with van der Waals surface area (Å²) in [6.07, 6.45) is 4.12. The lowest BCUT2D eigenvalue weighted by atomic mass is 9.99. The van der Waals surface area contributed by atoms with Gasteiger partial charge in [-0.15, -0.1) is 0 Å².